The number of nitrogens with two attached hydrogens (primary N) is 1. The lowest BCUT2D eigenvalue weighted by molar-refractivity contribution is -0.115. The number of nitrogen functional groups attached to an aromatic ring is 1. The van der Waals surface area contributed by atoms with Gasteiger partial charge in [-0.15, -0.1) is 0 Å². The van der Waals surface area contributed by atoms with Crippen molar-refractivity contribution in [3.8, 4) is 0 Å². The maximum absolute atomic E-state index is 13.1. The Bertz CT molecular complexity index is 687. The molecule has 0 aliphatic carbocycles. The molecule has 2 aromatic carbocycles. The molecule has 3 N–H and O–H groups in total. The van der Waals surface area contributed by atoms with E-state index in [4.69, 9.17) is 5.73 Å². The van der Waals surface area contributed by atoms with Crippen LogP contribution in [0.15, 0.2) is 42.5 Å². The molecular formula is C16H16FN3O. The van der Waals surface area contributed by atoms with Crippen molar-refractivity contribution in [3.05, 3.63) is 53.8 Å². The average Bonchev–Trinajstić information content (AvgIpc) is 2.86. The molecule has 3 rings (SSSR count). The molecule has 0 fully saturated rings. The first kappa shape index (κ1) is 13.4. The number of nitrogens with zero attached hydrogens (tertiary/aromatic N) is 1. The predicted molar refractivity (Wildman–Crippen MR) is 81.8 cm³/mol. The number of amides is 1. The van der Waals surface area contributed by atoms with Gasteiger partial charge < -0.3 is 16.0 Å². The molecule has 108 valence electrons. The minimum atomic E-state index is -0.485. The van der Waals surface area contributed by atoms with Gasteiger partial charge in [-0.3, -0.25) is 4.79 Å². The minimum Gasteiger partial charge on any atom is -0.396 e. The number of hydrogen-bond donors (Lipinski definition) is 2. The second-order valence-electron chi connectivity index (χ2n) is 5.08. The van der Waals surface area contributed by atoms with Crippen LogP contribution in [-0.2, 0) is 11.2 Å². The maximum Gasteiger partial charge on any atom is 0.243 e. The fourth-order valence-corrected chi connectivity index (χ4v) is 2.57. The fourth-order valence-electron chi connectivity index (χ4n) is 2.57. The van der Waals surface area contributed by atoms with Gasteiger partial charge in [-0.05, 0) is 36.2 Å². The van der Waals surface area contributed by atoms with Crippen LogP contribution in [0.25, 0.3) is 0 Å². The number of rotatable bonds is 3. The molecule has 1 heterocycles. The number of fused-ring (bicyclic) bond motifs is 1. The van der Waals surface area contributed by atoms with E-state index < -0.39 is 5.82 Å². The second kappa shape index (κ2) is 5.44. The Morgan fingerprint density at radius 3 is 2.90 bits per heavy atom. The number of hydrogen-bond acceptors (Lipinski definition) is 3. The Balaban J connectivity index is 1.66. The third-order valence-electron chi connectivity index (χ3n) is 3.60. The van der Waals surface area contributed by atoms with E-state index >= 15 is 0 Å². The van der Waals surface area contributed by atoms with E-state index in [1.165, 1.54) is 23.8 Å². The Morgan fingerprint density at radius 2 is 2.10 bits per heavy atom. The summed E-state index contributed by atoms with van der Waals surface area (Å²) < 4.78 is 13.1. The predicted octanol–water partition coefficient (Wildman–Crippen LogP) is 2.41. The van der Waals surface area contributed by atoms with Crippen LogP contribution >= 0.6 is 0 Å². The molecule has 4 nitrogen and oxygen atoms in total. The normalized spacial score (nSPS) is 13.1. The molecular weight excluding hydrogens is 269 g/mol. The Morgan fingerprint density at radius 1 is 1.29 bits per heavy atom. The Kier molecular flexibility index (Phi) is 3.48. The zero-order chi connectivity index (χ0) is 14.8. The van der Waals surface area contributed by atoms with Crippen LogP contribution < -0.4 is 16.0 Å². The molecule has 1 aliphatic rings. The highest BCUT2D eigenvalue weighted by Gasteiger charge is 2.20. The third-order valence-corrected chi connectivity index (χ3v) is 3.60. The van der Waals surface area contributed by atoms with Crippen LogP contribution in [0.4, 0.5) is 21.5 Å². The number of para-hydroxylation sites is 1. The number of anilines is 3. The summed E-state index contributed by atoms with van der Waals surface area (Å²) in [5.74, 6) is -0.626. The second-order valence-corrected chi connectivity index (χ2v) is 5.08. The Labute approximate surface area is 122 Å². The highest BCUT2D eigenvalue weighted by Crippen LogP contribution is 2.27. The van der Waals surface area contributed by atoms with Crippen molar-refractivity contribution >= 4 is 23.0 Å². The molecule has 0 atom stereocenters. The molecule has 0 bridgehead atoms. The summed E-state index contributed by atoms with van der Waals surface area (Å²) in [4.78, 5) is 14.1. The van der Waals surface area contributed by atoms with Crippen LogP contribution in [-0.4, -0.2) is 19.0 Å². The van der Waals surface area contributed by atoms with Gasteiger partial charge in [0, 0.05) is 17.9 Å². The number of carbonyl (C=O) groups excluding carboxylic acids is 1. The average molecular weight is 285 g/mol. The summed E-state index contributed by atoms with van der Waals surface area (Å²) in [5, 5.41) is 2.74. The summed E-state index contributed by atoms with van der Waals surface area (Å²) >= 11 is 0. The molecule has 0 aromatic heterocycles. The number of halogens is 1. The first-order valence-electron chi connectivity index (χ1n) is 6.81. The van der Waals surface area contributed by atoms with Crippen molar-refractivity contribution in [2.45, 2.75) is 6.42 Å². The van der Waals surface area contributed by atoms with Crippen LogP contribution in [0.1, 0.15) is 5.56 Å². The first-order valence-corrected chi connectivity index (χ1v) is 6.81. The molecule has 21 heavy (non-hydrogen) atoms. The largest absolute Gasteiger partial charge is 0.396 e. The number of nitrogens with one attached hydrogen (secondary N) is 1. The van der Waals surface area contributed by atoms with Gasteiger partial charge in [0.25, 0.3) is 0 Å². The SMILES string of the molecule is Nc1cc(NC(=O)CN2CCc3ccccc32)ccc1F. The van der Waals surface area contributed by atoms with E-state index in [1.807, 2.05) is 23.1 Å². The van der Waals surface area contributed by atoms with Gasteiger partial charge in [0.2, 0.25) is 5.91 Å². The van der Waals surface area contributed by atoms with Crippen LogP contribution in [0.2, 0.25) is 0 Å². The monoisotopic (exact) mass is 285 g/mol. The Hall–Kier alpha value is -2.56. The van der Waals surface area contributed by atoms with Crippen molar-refractivity contribution in [2.75, 3.05) is 29.0 Å². The standard InChI is InChI=1S/C16H16FN3O/c17-13-6-5-12(9-14(13)18)19-16(21)10-20-8-7-11-3-1-2-4-15(11)20/h1-6,9H,7-8,10,18H2,(H,19,21). The smallest absolute Gasteiger partial charge is 0.243 e. The summed E-state index contributed by atoms with van der Waals surface area (Å²) in [6.07, 6.45) is 0.951. The zero-order valence-electron chi connectivity index (χ0n) is 11.5. The number of carbonyl (C=O) groups is 1. The van der Waals surface area contributed by atoms with Gasteiger partial charge in [0.1, 0.15) is 5.82 Å². The summed E-state index contributed by atoms with van der Waals surface area (Å²) in [6, 6.07) is 12.2. The molecule has 0 saturated carbocycles. The quantitative estimate of drug-likeness (QED) is 0.851. The van der Waals surface area contributed by atoms with E-state index in [0.29, 0.717) is 5.69 Å². The van der Waals surface area contributed by atoms with Crippen molar-refractivity contribution in [1.29, 1.82) is 0 Å². The van der Waals surface area contributed by atoms with Gasteiger partial charge in [-0.2, -0.15) is 0 Å². The van der Waals surface area contributed by atoms with E-state index in [-0.39, 0.29) is 18.1 Å². The number of benzene rings is 2. The van der Waals surface area contributed by atoms with Gasteiger partial charge in [0.15, 0.2) is 0 Å². The molecule has 0 unspecified atom stereocenters. The van der Waals surface area contributed by atoms with Crippen molar-refractivity contribution in [1.82, 2.24) is 0 Å². The van der Waals surface area contributed by atoms with E-state index in [1.54, 1.807) is 0 Å². The topological polar surface area (TPSA) is 58.4 Å². The highest BCUT2D eigenvalue weighted by molar-refractivity contribution is 5.94. The van der Waals surface area contributed by atoms with Gasteiger partial charge in [-0.25, -0.2) is 4.39 Å². The molecule has 1 amide bonds. The summed E-state index contributed by atoms with van der Waals surface area (Å²) in [7, 11) is 0. The minimum absolute atomic E-state index is 0.0271. The molecule has 0 spiro atoms. The van der Waals surface area contributed by atoms with E-state index in [0.717, 1.165) is 18.7 Å². The highest BCUT2D eigenvalue weighted by atomic mass is 19.1. The van der Waals surface area contributed by atoms with Crippen LogP contribution in [0.3, 0.4) is 0 Å². The maximum atomic E-state index is 13.1. The molecule has 1 aliphatic heterocycles. The van der Waals surface area contributed by atoms with Crippen LogP contribution in [0, 0.1) is 5.82 Å². The molecule has 5 heteroatoms. The van der Waals surface area contributed by atoms with E-state index in [2.05, 4.69) is 11.4 Å². The van der Waals surface area contributed by atoms with Crippen molar-refractivity contribution < 1.29 is 9.18 Å². The molecule has 0 saturated heterocycles. The lowest BCUT2D eigenvalue weighted by atomic mass is 10.2. The lowest BCUT2D eigenvalue weighted by Crippen LogP contribution is -2.31. The third kappa shape index (κ3) is 2.81. The molecule has 2 aromatic rings. The van der Waals surface area contributed by atoms with E-state index in [9.17, 15) is 9.18 Å². The van der Waals surface area contributed by atoms with Gasteiger partial charge in [0.05, 0.1) is 12.2 Å². The fraction of sp³-hybridized carbons (Fsp3) is 0.188. The first-order chi connectivity index (χ1) is 10.1. The lowest BCUT2D eigenvalue weighted by Gasteiger charge is -2.18. The zero-order valence-corrected chi connectivity index (χ0v) is 11.5. The summed E-state index contributed by atoms with van der Waals surface area (Å²) in [5.41, 5.74) is 8.38. The molecule has 0 radical (unpaired) electrons. The van der Waals surface area contributed by atoms with Crippen molar-refractivity contribution in [3.63, 3.8) is 0 Å². The van der Waals surface area contributed by atoms with Crippen molar-refractivity contribution in [2.24, 2.45) is 0 Å². The van der Waals surface area contributed by atoms with Crippen LogP contribution in [0.5, 0.6) is 0 Å². The van der Waals surface area contributed by atoms with Gasteiger partial charge >= 0.3 is 0 Å². The summed E-state index contributed by atoms with van der Waals surface area (Å²) in [6.45, 7) is 1.10. The van der Waals surface area contributed by atoms with Gasteiger partial charge in [-0.1, -0.05) is 18.2 Å².